The van der Waals surface area contributed by atoms with Gasteiger partial charge in [0, 0.05) is 23.6 Å². The zero-order valence-corrected chi connectivity index (χ0v) is 19.1. The number of hydrazone groups is 1. The molecule has 0 saturated heterocycles. The van der Waals surface area contributed by atoms with Crippen LogP contribution in [0.3, 0.4) is 0 Å². The molecule has 0 radical (unpaired) electrons. The number of aromatic nitrogens is 4. The lowest BCUT2D eigenvalue weighted by Crippen LogP contribution is -2.20. The molecule has 4 aromatic rings. The normalized spacial score (nSPS) is 11.0. The summed E-state index contributed by atoms with van der Waals surface area (Å²) in [6.07, 6.45) is 4.85. The number of rotatable bonds is 9. The van der Waals surface area contributed by atoms with Crippen LogP contribution >= 0.6 is 11.8 Å². The molecule has 0 unspecified atom stereocenters. The Morgan fingerprint density at radius 1 is 1.15 bits per heavy atom. The van der Waals surface area contributed by atoms with Gasteiger partial charge in [0.1, 0.15) is 11.6 Å². The SMILES string of the molecule is CCOc1ccc(-n2c(SCC(=O)N/N=C\c3ccc(F)cc3)nnc2-c2cccnc2)cc1. The molecule has 1 amide bonds. The third-order valence-corrected chi connectivity index (χ3v) is 5.49. The topological polar surface area (TPSA) is 94.3 Å². The van der Waals surface area contributed by atoms with Crippen LogP contribution in [0, 0.1) is 5.82 Å². The first-order chi connectivity index (χ1) is 16.6. The molecule has 0 bridgehead atoms. The largest absolute Gasteiger partial charge is 0.494 e. The van der Waals surface area contributed by atoms with Crippen molar-refractivity contribution in [2.75, 3.05) is 12.4 Å². The molecule has 2 aromatic heterocycles. The Labute approximate surface area is 199 Å². The van der Waals surface area contributed by atoms with Gasteiger partial charge in [-0.05, 0) is 61.0 Å². The first-order valence-electron chi connectivity index (χ1n) is 10.4. The maximum atomic E-state index is 13.0. The van der Waals surface area contributed by atoms with Gasteiger partial charge in [0.25, 0.3) is 5.91 Å². The van der Waals surface area contributed by atoms with Gasteiger partial charge in [0.2, 0.25) is 0 Å². The highest BCUT2D eigenvalue weighted by atomic mass is 32.2. The summed E-state index contributed by atoms with van der Waals surface area (Å²) in [6, 6.07) is 17.1. The summed E-state index contributed by atoms with van der Waals surface area (Å²) in [4.78, 5) is 16.5. The average Bonchev–Trinajstić information content (AvgIpc) is 3.29. The van der Waals surface area contributed by atoms with Crippen LogP contribution in [-0.4, -0.2) is 44.2 Å². The Kier molecular flexibility index (Phi) is 7.61. The predicted octanol–water partition coefficient (Wildman–Crippen LogP) is 4.11. The van der Waals surface area contributed by atoms with Crippen LogP contribution in [0.1, 0.15) is 12.5 Å². The summed E-state index contributed by atoms with van der Waals surface area (Å²) in [7, 11) is 0. The van der Waals surface area contributed by atoms with Crippen molar-refractivity contribution in [3.8, 4) is 22.8 Å². The molecule has 2 aromatic carbocycles. The molecule has 0 fully saturated rings. The molecule has 1 N–H and O–H groups in total. The zero-order chi connectivity index (χ0) is 23.8. The van der Waals surface area contributed by atoms with E-state index in [0.29, 0.717) is 23.2 Å². The standard InChI is InChI=1S/C24H21FN6O2S/c1-2-33-21-11-9-20(10-12-21)31-23(18-4-3-13-26-15-18)29-30-24(31)34-16-22(32)28-27-14-17-5-7-19(25)8-6-17/h3-15H,2,16H2,1H3,(H,28,32)/b27-14-. The number of carbonyl (C=O) groups excluding carboxylic acids is 1. The number of amides is 1. The molecule has 0 aliphatic heterocycles. The second-order valence-corrected chi connectivity index (χ2v) is 7.89. The lowest BCUT2D eigenvalue weighted by atomic mass is 10.2. The van der Waals surface area contributed by atoms with Gasteiger partial charge in [-0.15, -0.1) is 10.2 Å². The average molecular weight is 477 g/mol. The van der Waals surface area contributed by atoms with E-state index in [2.05, 4.69) is 25.7 Å². The van der Waals surface area contributed by atoms with E-state index in [9.17, 15) is 9.18 Å². The number of thioether (sulfide) groups is 1. The summed E-state index contributed by atoms with van der Waals surface area (Å²) in [5.41, 5.74) is 4.76. The van der Waals surface area contributed by atoms with E-state index in [1.165, 1.54) is 30.1 Å². The summed E-state index contributed by atoms with van der Waals surface area (Å²) < 4.78 is 20.4. The first kappa shape index (κ1) is 23.1. The van der Waals surface area contributed by atoms with E-state index in [1.54, 1.807) is 24.5 Å². The fourth-order valence-electron chi connectivity index (χ4n) is 3.03. The maximum Gasteiger partial charge on any atom is 0.250 e. The van der Waals surface area contributed by atoms with Gasteiger partial charge in [-0.1, -0.05) is 23.9 Å². The van der Waals surface area contributed by atoms with Crippen LogP contribution < -0.4 is 10.2 Å². The smallest absolute Gasteiger partial charge is 0.250 e. The van der Waals surface area contributed by atoms with Gasteiger partial charge >= 0.3 is 0 Å². The Balaban J connectivity index is 1.50. The van der Waals surface area contributed by atoms with Crippen LogP contribution in [0.15, 0.2) is 83.3 Å². The highest BCUT2D eigenvalue weighted by Crippen LogP contribution is 2.28. The second kappa shape index (κ2) is 11.2. The van der Waals surface area contributed by atoms with E-state index >= 15 is 0 Å². The number of hydrogen-bond acceptors (Lipinski definition) is 7. The number of nitrogens with one attached hydrogen (secondary N) is 1. The van der Waals surface area contributed by atoms with Crippen LogP contribution in [0.2, 0.25) is 0 Å². The molecule has 10 heteroatoms. The van der Waals surface area contributed by atoms with Crippen molar-refractivity contribution >= 4 is 23.9 Å². The minimum Gasteiger partial charge on any atom is -0.494 e. The van der Waals surface area contributed by atoms with Gasteiger partial charge in [-0.3, -0.25) is 14.3 Å². The molecule has 34 heavy (non-hydrogen) atoms. The summed E-state index contributed by atoms with van der Waals surface area (Å²) in [6.45, 7) is 2.50. The Hall–Kier alpha value is -4.05. The number of benzene rings is 2. The molecule has 0 aliphatic rings. The first-order valence-corrected chi connectivity index (χ1v) is 11.4. The highest BCUT2D eigenvalue weighted by molar-refractivity contribution is 7.99. The zero-order valence-electron chi connectivity index (χ0n) is 18.3. The van der Waals surface area contributed by atoms with Crippen LogP contribution in [0.4, 0.5) is 4.39 Å². The highest BCUT2D eigenvalue weighted by Gasteiger charge is 2.17. The summed E-state index contributed by atoms with van der Waals surface area (Å²) in [5.74, 6) is 0.792. The molecular weight excluding hydrogens is 455 g/mol. The molecule has 8 nitrogen and oxygen atoms in total. The molecule has 0 spiro atoms. The van der Waals surface area contributed by atoms with E-state index in [4.69, 9.17) is 4.74 Å². The fourth-order valence-corrected chi connectivity index (χ4v) is 3.77. The quantitative estimate of drug-likeness (QED) is 0.222. The van der Waals surface area contributed by atoms with Crippen molar-refractivity contribution in [3.63, 3.8) is 0 Å². The number of nitrogens with zero attached hydrogens (tertiary/aromatic N) is 5. The van der Waals surface area contributed by atoms with Crippen molar-refractivity contribution < 1.29 is 13.9 Å². The number of pyridine rings is 1. The maximum absolute atomic E-state index is 13.0. The second-order valence-electron chi connectivity index (χ2n) is 6.94. The predicted molar refractivity (Wildman–Crippen MR) is 129 cm³/mol. The molecule has 0 atom stereocenters. The van der Waals surface area contributed by atoms with Crippen molar-refractivity contribution in [1.29, 1.82) is 0 Å². The molecule has 0 saturated carbocycles. The molecule has 4 rings (SSSR count). The Bertz CT molecular complexity index is 1260. The van der Waals surface area contributed by atoms with Gasteiger partial charge in [-0.2, -0.15) is 5.10 Å². The summed E-state index contributed by atoms with van der Waals surface area (Å²) in [5, 5.41) is 13.1. The molecule has 2 heterocycles. The van der Waals surface area contributed by atoms with Gasteiger partial charge in [0.15, 0.2) is 11.0 Å². The minimum atomic E-state index is -0.333. The number of hydrogen-bond donors (Lipinski definition) is 1. The molecule has 172 valence electrons. The Morgan fingerprint density at radius 3 is 2.65 bits per heavy atom. The third kappa shape index (κ3) is 5.84. The monoisotopic (exact) mass is 476 g/mol. The fraction of sp³-hybridized carbons (Fsp3) is 0.125. The van der Waals surface area contributed by atoms with E-state index in [1.807, 2.05) is 47.9 Å². The van der Waals surface area contributed by atoms with Gasteiger partial charge < -0.3 is 4.74 Å². The lowest BCUT2D eigenvalue weighted by molar-refractivity contribution is -0.118. The van der Waals surface area contributed by atoms with Crippen molar-refractivity contribution in [1.82, 2.24) is 25.2 Å². The third-order valence-electron chi connectivity index (χ3n) is 4.56. The molecular formula is C24H21FN6O2S. The van der Waals surface area contributed by atoms with Gasteiger partial charge in [0.05, 0.1) is 18.6 Å². The number of ether oxygens (including phenoxy) is 1. The minimum absolute atomic E-state index is 0.0724. The Morgan fingerprint density at radius 2 is 1.94 bits per heavy atom. The van der Waals surface area contributed by atoms with Crippen molar-refractivity contribution in [2.45, 2.75) is 12.1 Å². The summed E-state index contributed by atoms with van der Waals surface area (Å²) >= 11 is 1.23. The number of carbonyl (C=O) groups is 1. The van der Waals surface area contributed by atoms with Crippen LogP contribution in [0.25, 0.3) is 17.1 Å². The van der Waals surface area contributed by atoms with Crippen LogP contribution in [0.5, 0.6) is 5.75 Å². The molecule has 0 aliphatic carbocycles. The van der Waals surface area contributed by atoms with Crippen molar-refractivity contribution in [2.24, 2.45) is 5.10 Å². The lowest BCUT2D eigenvalue weighted by Gasteiger charge is -2.11. The number of halogens is 1. The van der Waals surface area contributed by atoms with E-state index in [0.717, 1.165) is 17.0 Å². The van der Waals surface area contributed by atoms with E-state index in [-0.39, 0.29) is 17.5 Å². The van der Waals surface area contributed by atoms with Gasteiger partial charge in [-0.25, -0.2) is 9.82 Å². The van der Waals surface area contributed by atoms with Crippen LogP contribution in [-0.2, 0) is 4.79 Å². The van der Waals surface area contributed by atoms with Crippen molar-refractivity contribution in [3.05, 3.63) is 84.4 Å². The van der Waals surface area contributed by atoms with E-state index < -0.39 is 0 Å².